The summed E-state index contributed by atoms with van der Waals surface area (Å²) < 4.78 is 9.45. The number of rotatable bonds is 7. The summed E-state index contributed by atoms with van der Waals surface area (Å²) in [6.07, 6.45) is 0.335. The summed E-state index contributed by atoms with van der Waals surface area (Å²) in [6, 6.07) is 0. The molecule has 0 aliphatic carbocycles. The summed E-state index contributed by atoms with van der Waals surface area (Å²) in [5.74, 6) is -0.631. The fourth-order valence-electron chi connectivity index (χ4n) is 1.41. The lowest BCUT2D eigenvalue weighted by molar-refractivity contribution is -0.140. The number of esters is 2. The maximum atomic E-state index is 11.4. The molecule has 1 aromatic rings. The van der Waals surface area contributed by atoms with Crippen LogP contribution in [0.4, 0.5) is 0 Å². The van der Waals surface area contributed by atoms with Crippen molar-refractivity contribution in [1.82, 2.24) is 9.88 Å². The van der Waals surface area contributed by atoms with Crippen LogP contribution in [-0.2, 0) is 20.8 Å². The van der Waals surface area contributed by atoms with Crippen molar-refractivity contribution < 1.29 is 19.1 Å². The number of hydrogen-bond acceptors (Lipinski definition) is 7. The summed E-state index contributed by atoms with van der Waals surface area (Å²) in [6.45, 7) is 3.26. The van der Waals surface area contributed by atoms with Gasteiger partial charge in [-0.05, 0) is 14.0 Å². The molecule has 0 saturated heterocycles. The molecular formula is C12H18N2O4S. The van der Waals surface area contributed by atoms with Crippen LogP contribution in [0.25, 0.3) is 0 Å². The first-order chi connectivity index (χ1) is 9.06. The van der Waals surface area contributed by atoms with E-state index in [0.29, 0.717) is 31.1 Å². The number of ether oxygens (including phenoxy) is 2. The minimum absolute atomic E-state index is 0.239. The first-order valence-corrected chi connectivity index (χ1v) is 6.81. The average Bonchev–Trinajstić information content (AvgIpc) is 2.84. The number of methoxy groups -OCH3 is 1. The molecule has 0 spiro atoms. The van der Waals surface area contributed by atoms with Gasteiger partial charge in [-0.3, -0.25) is 9.69 Å². The van der Waals surface area contributed by atoms with E-state index in [1.54, 1.807) is 6.92 Å². The predicted molar refractivity (Wildman–Crippen MR) is 71.0 cm³/mol. The molecule has 0 aliphatic heterocycles. The van der Waals surface area contributed by atoms with Crippen molar-refractivity contribution in [1.29, 1.82) is 0 Å². The number of hydrogen-bond donors (Lipinski definition) is 0. The fourth-order valence-corrected chi connectivity index (χ4v) is 2.11. The monoisotopic (exact) mass is 286 g/mol. The molecule has 0 bridgehead atoms. The summed E-state index contributed by atoms with van der Waals surface area (Å²) >= 11 is 1.26. The number of carbonyl (C=O) groups is 2. The molecule has 106 valence electrons. The standard InChI is InChI=1S/C12H18N2O4S/c1-4-18-12(16)11-13-9(8-19-11)7-14(2)6-5-10(15)17-3/h8H,4-7H2,1-3H3. The van der Waals surface area contributed by atoms with Gasteiger partial charge in [-0.15, -0.1) is 11.3 Å². The summed E-state index contributed by atoms with van der Waals surface area (Å²) in [4.78, 5) is 28.6. The quantitative estimate of drug-likeness (QED) is 0.704. The lowest BCUT2D eigenvalue weighted by Crippen LogP contribution is -2.22. The third kappa shape index (κ3) is 5.35. The largest absolute Gasteiger partial charge is 0.469 e. The average molecular weight is 286 g/mol. The molecular weight excluding hydrogens is 268 g/mol. The topological polar surface area (TPSA) is 68.7 Å². The lowest BCUT2D eigenvalue weighted by Gasteiger charge is -2.13. The normalized spacial score (nSPS) is 10.5. The Kier molecular flexibility index (Phi) is 6.44. The highest BCUT2D eigenvalue weighted by molar-refractivity contribution is 7.11. The first-order valence-electron chi connectivity index (χ1n) is 5.93. The van der Waals surface area contributed by atoms with Crippen LogP contribution in [0.5, 0.6) is 0 Å². The zero-order valence-corrected chi connectivity index (χ0v) is 12.2. The van der Waals surface area contributed by atoms with Crippen LogP contribution in [0.1, 0.15) is 28.8 Å². The van der Waals surface area contributed by atoms with E-state index in [4.69, 9.17) is 4.74 Å². The van der Waals surface area contributed by atoms with Crippen LogP contribution < -0.4 is 0 Å². The maximum Gasteiger partial charge on any atom is 0.367 e. The molecule has 0 radical (unpaired) electrons. The van der Waals surface area contributed by atoms with Crippen molar-refractivity contribution in [2.24, 2.45) is 0 Å². The fraction of sp³-hybridized carbons (Fsp3) is 0.583. The van der Waals surface area contributed by atoms with E-state index < -0.39 is 5.97 Å². The smallest absolute Gasteiger partial charge is 0.367 e. The van der Waals surface area contributed by atoms with Gasteiger partial charge in [0.1, 0.15) is 0 Å². The van der Waals surface area contributed by atoms with Crippen molar-refractivity contribution in [3.8, 4) is 0 Å². The van der Waals surface area contributed by atoms with E-state index in [0.717, 1.165) is 5.69 Å². The van der Waals surface area contributed by atoms with Crippen molar-refractivity contribution in [2.75, 3.05) is 27.3 Å². The molecule has 6 nitrogen and oxygen atoms in total. The van der Waals surface area contributed by atoms with Crippen molar-refractivity contribution in [3.63, 3.8) is 0 Å². The molecule has 0 atom stereocenters. The molecule has 19 heavy (non-hydrogen) atoms. The van der Waals surface area contributed by atoms with E-state index in [2.05, 4.69) is 9.72 Å². The molecule has 0 aromatic carbocycles. The van der Waals surface area contributed by atoms with Gasteiger partial charge in [0.15, 0.2) is 0 Å². The summed E-state index contributed by atoms with van der Waals surface area (Å²) in [7, 11) is 3.25. The minimum Gasteiger partial charge on any atom is -0.469 e. The Balaban J connectivity index is 2.44. The molecule has 0 N–H and O–H groups in total. The van der Waals surface area contributed by atoms with Gasteiger partial charge < -0.3 is 9.47 Å². The van der Waals surface area contributed by atoms with Crippen LogP contribution in [0, 0.1) is 0 Å². The van der Waals surface area contributed by atoms with Crippen molar-refractivity contribution in [2.45, 2.75) is 19.9 Å². The van der Waals surface area contributed by atoms with E-state index >= 15 is 0 Å². The number of carbonyl (C=O) groups excluding carboxylic acids is 2. The van der Waals surface area contributed by atoms with E-state index in [1.165, 1.54) is 18.4 Å². The Bertz CT molecular complexity index is 433. The Morgan fingerprint density at radius 1 is 1.47 bits per heavy atom. The van der Waals surface area contributed by atoms with Crippen LogP contribution >= 0.6 is 11.3 Å². The van der Waals surface area contributed by atoms with Crippen LogP contribution in [-0.4, -0.2) is 49.1 Å². The zero-order valence-electron chi connectivity index (χ0n) is 11.3. The van der Waals surface area contributed by atoms with Gasteiger partial charge in [-0.2, -0.15) is 0 Å². The third-order valence-corrected chi connectivity index (χ3v) is 3.23. The Morgan fingerprint density at radius 3 is 2.84 bits per heavy atom. The highest BCUT2D eigenvalue weighted by Crippen LogP contribution is 2.12. The maximum absolute atomic E-state index is 11.4. The van der Waals surface area contributed by atoms with Crippen LogP contribution in [0.15, 0.2) is 5.38 Å². The lowest BCUT2D eigenvalue weighted by atomic mass is 10.3. The third-order valence-electron chi connectivity index (χ3n) is 2.36. The zero-order chi connectivity index (χ0) is 14.3. The van der Waals surface area contributed by atoms with Gasteiger partial charge in [-0.1, -0.05) is 0 Å². The number of thiazole rings is 1. The second-order valence-corrected chi connectivity index (χ2v) is 4.79. The van der Waals surface area contributed by atoms with E-state index in [9.17, 15) is 9.59 Å². The van der Waals surface area contributed by atoms with E-state index in [-0.39, 0.29) is 5.97 Å². The molecule has 1 aromatic heterocycles. The second-order valence-electron chi connectivity index (χ2n) is 3.93. The first kappa shape index (κ1) is 15.6. The van der Waals surface area contributed by atoms with E-state index in [1.807, 2.05) is 17.3 Å². The molecule has 1 rings (SSSR count). The van der Waals surface area contributed by atoms with Crippen LogP contribution in [0.3, 0.4) is 0 Å². The SMILES string of the molecule is CCOC(=O)c1nc(CN(C)CCC(=O)OC)cs1. The molecule has 0 amide bonds. The molecule has 7 heteroatoms. The second kappa shape index (κ2) is 7.85. The van der Waals surface area contributed by atoms with Gasteiger partial charge >= 0.3 is 11.9 Å². The highest BCUT2D eigenvalue weighted by Gasteiger charge is 2.13. The van der Waals surface area contributed by atoms with Crippen molar-refractivity contribution in [3.05, 3.63) is 16.1 Å². The summed E-state index contributed by atoms with van der Waals surface area (Å²) in [5, 5.41) is 2.18. The molecule has 0 fully saturated rings. The molecule has 0 saturated carbocycles. The van der Waals surface area contributed by atoms with Gasteiger partial charge in [0, 0.05) is 18.5 Å². The predicted octanol–water partition coefficient (Wildman–Crippen LogP) is 1.31. The Labute approximate surface area is 116 Å². The van der Waals surface area contributed by atoms with Gasteiger partial charge in [-0.25, -0.2) is 9.78 Å². The molecule has 0 unspecified atom stereocenters. The Hall–Kier alpha value is -1.47. The van der Waals surface area contributed by atoms with Gasteiger partial charge in [0.05, 0.1) is 25.8 Å². The molecule has 0 aliphatic rings. The van der Waals surface area contributed by atoms with Crippen molar-refractivity contribution >= 4 is 23.3 Å². The number of aromatic nitrogens is 1. The Morgan fingerprint density at radius 2 is 2.21 bits per heavy atom. The summed E-state index contributed by atoms with van der Waals surface area (Å²) in [5.41, 5.74) is 0.792. The molecule has 1 heterocycles. The minimum atomic E-state index is -0.393. The number of nitrogens with zero attached hydrogens (tertiary/aromatic N) is 2. The van der Waals surface area contributed by atoms with Gasteiger partial charge in [0.2, 0.25) is 5.01 Å². The highest BCUT2D eigenvalue weighted by atomic mass is 32.1. The van der Waals surface area contributed by atoms with Crippen LogP contribution in [0.2, 0.25) is 0 Å². The van der Waals surface area contributed by atoms with Gasteiger partial charge in [0.25, 0.3) is 0 Å².